The van der Waals surface area contributed by atoms with E-state index >= 15 is 0 Å². The van der Waals surface area contributed by atoms with Crippen LogP contribution < -0.4 is 15.4 Å². The van der Waals surface area contributed by atoms with Crippen molar-refractivity contribution < 1.29 is 4.74 Å². The molecule has 128 valence electrons. The molecule has 0 saturated carbocycles. The van der Waals surface area contributed by atoms with Gasteiger partial charge >= 0.3 is 0 Å². The number of ether oxygens (including phenoxy) is 1. The molecule has 0 amide bonds. The molecule has 2 aromatic rings. The van der Waals surface area contributed by atoms with E-state index in [0.717, 1.165) is 55.0 Å². The molecule has 0 radical (unpaired) electrons. The van der Waals surface area contributed by atoms with Gasteiger partial charge in [-0.05, 0) is 31.2 Å². The Hall–Kier alpha value is -2.05. The van der Waals surface area contributed by atoms with Crippen LogP contribution in [0.2, 0.25) is 5.02 Å². The third-order valence-corrected chi connectivity index (χ3v) is 4.30. The molecule has 2 heterocycles. The molecule has 0 atom stereocenters. The number of benzene rings is 1. The van der Waals surface area contributed by atoms with Crippen molar-refractivity contribution in [2.24, 2.45) is 0 Å². The molecule has 1 aromatic heterocycles. The van der Waals surface area contributed by atoms with Crippen LogP contribution in [0.5, 0.6) is 5.75 Å². The summed E-state index contributed by atoms with van der Waals surface area (Å²) < 4.78 is 5.76. The van der Waals surface area contributed by atoms with Gasteiger partial charge in [-0.1, -0.05) is 11.6 Å². The molecule has 1 aromatic carbocycles. The van der Waals surface area contributed by atoms with Crippen molar-refractivity contribution in [1.82, 2.24) is 14.9 Å². The van der Waals surface area contributed by atoms with E-state index in [-0.39, 0.29) is 0 Å². The Balaban J connectivity index is 1.44. The summed E-state index contributed by atoms with van der Waals surface area (Å²) in [7, 11) is 0. The zero-order valence-electron chi connectivity index (χ0n) is 13.8. The van der Waals surface area contributed by atoms with Crippen LogP contribution in [0.4, 0.5) is 11.8 Å². The fraction of sp³-hybridized carbons (Fsp3) is 0.412. The molecule has 1 fully saturated rings. The summed E-state index contributed by atoms with van der Waals surface area (Å²) >= 11 is 5.87. The van der Waals surface area contributed by atoms with Crippen LogP contribution in [0, 0.1) is 6.92 Å². The first kappa shape index (κ1) is 16.8. The quantitative estimate of drug-likeness (QED) is 0.894. The summed E-state index contributed by atoms with van der Waals surface area (Å²) in [6, 6.07) is 9.44. The zero-order chi connectivity index (χ0) is 16.9. The number of aromatic nitrogens is 2. The lowest BCUT2D eigenvalue weighted by Gasteiger charge is -2.35. The third kappa shape index (κ3) is 4.49. The first-order valence-electron chi connectivity index (χ1n) is 8.07. The summed E-state index contributed by atoms with van der Waals surface area (Å²) in [5.41, 5.74) is 6.64. The van der Waals surface area contributed by atoms with Crippen LogP contribution in [-0.2, 0) is 0 Å². The van der Waals surface area contributed by atoms with Crippen LogP contribution in [-0.4, -0.2) is 54.2 Å². The number of hydrogen-bond acceptors (Lipinski definition) is 6. The van der Waals surface area contributed by atoms with Gasteiger partial charge in [0.25, 0.3) is 0 Å². The summed E-state index contributed by atoms with van der Waals surface area (Å²) in [6.45, 7) is 7.32. The molecular formula is C17H22ClN5O. The summed E-state index contributed by atoms with van der Waals surface area (Å²) in [5.74, 6) is 2.10. The summed E-state index contributed by atoms with van der Waals surface area (Å²) in [4.78, 5) is 13.1. The Bertz CT molecular complexity index is 651. The van der Waals surface area contributed by atoms with Crippen LogP contribution in [0.15, 0.2) is 30.3 Å². The molecule has 1 aliphatic rings. The minimum atomic E-state index is 0.337. The van der Waals surface area contributed by atoms with E-state index < -0.39 is 0 Å². The number of nitrogens with two attached hydrogens (primary N) is 1. The van der Waals surface area contributed by atoms with Crippen molar-refractivity contribution in [3.8, 4) is 5.75 Å². The number of piperazine rings is 1. The van der Waals surface area contributed by atoms with Gasteiger partial charge in [-0.3, -0.25) is 4.90 Å². The van der Waals surface area contributed by atoms with E-state index in [1.807, 2.05) is 37.3 Å². The maximum absolute atomic E-state index is 5.87. The zero-order valence-corrected chi connectivity index (χ0v) is 14.5. The minimum absolute atomic E-state index is 0.337. The van der Waals surface area contributed by atoms with Gasteiger partial charge in [-0.25, -0.2) is 4.98 Å². The number of nitrogen functional groups attached to an aromatic ring is 1. The highest BCUT2D eigenvalue weighted by Gasteiger charge is 2.18. The predicted octanol–water partition coefficient (Wildman–Crippen LogP) is 2.22. The fourth-order valence-corrected chi connectivity index (χ4v) is 2.89. The van der Waals surface area contributed by atoms with Gasteiger partial charge in [0, 0.05) is 49.5 Å². The number of nitrogens with zero attached hydrogens (tertiary/aromatic N) is 4. The number of aryl methyl sites for hydroxylation is 1. The topological polar surface area (TPSA) is 67.5 Å². The summed E-state index contributed by atoms with van der Waals surface area (Å²) in [6.07, 6.45) is 0. The van der Waals surface area contributed by atoms with Gasteiger partial charge in [0.1, 0.15) is 18.2 Å². The molecule has 0 unspecified atom stereocenters. The standard InChI is InChI=1S/C17H22ClN5O/c1-13-12-16(21-17(19)20-13)23-8-6-22(7-9-23)10-11-24-15-4-2-14(18)3-5-15/h2-5,12H,6-11H2,1H3,(H2,19,20,21). The van der Waals surface area contributed by atoms with E-state index in [0.29, 0.717) is 12.6 Å². The van der Waals surface area contributed by atoms with E-state index in [1.54, 1.807) is 0 Å². The molecule has 0 spiro atoms. The van der Waals surface area contributed by atoms with Crippen molar-refractivity contribution in [2.45, 2.75) is 6.92 Å². The molecule has 1 aliphatic heterocycles. The van der Waals surface area contributed by atoms with Gasteiger partial charge in [-0.15, -0.1) is 0 Å². The van der Waals surface area contributed by atoms with E-state index in [2.05, 4.69) is 19.8 Å². The van der Waals surface area contributed by atoms with Crippen molar-refractivity contribution in [3.05, 3.63) is 41.0 Å². The molecule has 24 heavy (non-hydrogen) atoms. The lowest BCUT2D eigenvalue weighted by atomic mass is 10.3. The highest BCUT2D eigenvalue weighted by Crippen LogP contribution is 2.17. The second-order valence-electron chi connectivity index (χ2n) is 5.86. The van der Waals surface area contributed by atoms with E-state index in [1.165, 1.54) is 0 Å². The van der Waals surface area contributed by atoms with Gasteiger partial charge in [0.2, 0.25) is 5.95 Å². The van der Waals surface area contributed by atoms with Gasteiger partial charge in [-0.2, -0.15) is 4.98 Å². The molecule has 6 nitrogen and oxygen atoms in total. The maximum atomic E-state index is 5.87. The van der Waals surface area contributed by atoms with Gasteiger partial charge < -0.3 is 15.4 Å². The Labute approximate surface area is 147 Å². The highest BCUT2D eigenvalue weighted by molar-refractivity contribution is 6.30. The van der Waals surface area contributed by atoms with Crippen molar-refractivity contribution in [2.75, 3.05) is 50.0 Å². The number of anilines is 2. The number of hydrogen-bond donors (Lipinski definition) is 1. The second kappa shape index (κ2) is 7.68. The predicted molar refractivity (Wildman–Crippen MR) is 96.8 cm³/mol. The molecule has 1 saturated heterocycles. The smallest absolute Gasteiger partial charge is 0.222 e. The van der Waals surface area contributed by atoms with Gasteiger partial charge in [0.05, 0.1) is 0 Å². The molecule has 3 rings (SSSR count). The largest absolute Gasteiger partial charge is 0.492 e. The molecule has 2 N–H and O–H groups in total. The van der Waals surface area contributed by atoms with Crippen LogP contribution in [0.3, 0.4) is 0 Å². The van der Waals surface area contributed by atoms with E-state index in [4.69, 9.17) is 22.1 Å². The Morgan fingerprint density at radius 2 is 1.83 bits per heavy atom. The monoisotopic (exact) mass is 347 g/mol. The Morgan fingerprint density at radius 1 is 1.12 bits per heavy atom. The third-order valence-electron chi connectivity index (χ3n) is 4.04. The number of halogens is 1. The molecular weight excluding hydrogens is 326 g/mol. The molecule has 0 aliphatic carbocycles. The highest BCUT2D eigenvalue weighted by atomic mass is 35.5. The average Bonchev–Trinajstić information content (AvgIpc) is 2.56. The van der Waals surface area contributed by atoms with Crippen molar-refractivity contribution in [1.29, 1.82) is 0 Å². The van der Waals surface area contributed by atoms with Crippen LogP contribution in [0.1, 0.15) is 5.69 Å². The van der Waals surface area contributed by atoms with Gasteiger partial charge in [0.15, 0.2) is 0 Å². The van der Waals surface area contributed by atoms with Crippen LogP contribution >= 0.6 is 11.6 Å². The van der Waals surface area contributed by atoms with Crippen molar-refractivity contribution in [3.63, 3.8) is 0 Å². The van der Waals surface area contributed by atoms with E-state index in [9.17, 15) is 0 Å². The summed E-state index contributed by atoms with van der Waals surface area (Å²) in [5, 5.41) is 0.721. The first-order chi connectivity index (χ1) is 11.6. The Morgan fingerprint density at radius 3 is 2.50 bits per heavy atom. The Kier molecular flexibility index (Phi) is 5.37. The lowest BCUT2D eigenvalue weighted by molar-refractivity contribution is 0.200. The fourth-order valence-electron chi connectivity index (χ4n) is 2.76. The van der Waals surface area contributed by atoms with Crippen molar-refractivity contribution >= 4 is 23.4 Å². The average molecular weight is 348 g/mol. The molecule has 7 heteroatoms. The SMILES string of the molecule is Cc1cc(N2CCN(CCOc3ccc(Cl)cc3)CC2)nc(N)n1. The number of rotatable bonds is 5. The second-order valence-corrected chi connectivity index (χ2v) is 6.29. The van der Waals surface area contributed by atoms with Crippen LogP contribution in [0.25, 0.3) is 0 Å². The minimum Gasteiger partial charge on any atom is -0.492 e. The molecule has 0 bridgehead atoms. The maximum Gasteiger partial charge on any atom is 0.222 e. The normalized spacial score (nSPS) is 15.5. The first-order valence-corrected chi connectivity index (χ1v) is 8.45. The lowest BCUT2D eigenvalue weighted by Crippen LogP contribution is -2.47.